The highest BCUT2D eigenvalue weighted by molar-refractivity contribution is 6.31. The summed E-state index contributed by atoms with van der Waals surface area (Å²) in [6, 6.07) is 3.83. The Kier molecular flexibility index (Phi) is 6.78. The van der Waals surface area contributed by atoms with E-state index in [1.165, 1.54) is 12.1 Å². The van der Waals surface area contributed by atoms with Crippen LogP contribution in [0.2, 0.25) is 5.02 Å². The maximum atomic E-state index is 13.4. The zero-order valence-electron chi connectivity index (χ0n) is 14.3. The summed E-state index contributed by atoms with van der Waals surface area (Å²) in [4.78, 5) is 12.3. The predicted octanol–water partition coefficient (Wildman–Crippen LogP) is 2.45. The molecule has 0 saturated heterocycles. The molecule has 0 bridgehead atoms. The first kappa shape index (κ1) is 19.2. The van der Waals surface area contributed by atoms with Crippen LogP contribution in [0.25, 0.3) is 0 Å². The standard InChI is InChI=1S/C17H22ClFN4O2/c1-11-16(18)12(2)23(22-11)8-3-7-21-17(24)14-10-13(19)4-5-15(14)25-9-6-20/h4-5,10H,3,6-9,20H2,1-2H3,(H,21,24). The molecule has 2 rings (SSSR count). The Hall–Kier alpha value is -2.12. The van der Waals surface area contributed by atoms with Crippen molar-refractivity contribution in [2.75, 3.05) is 19.7 Å². The van der Waals surface area contributed by atoms with E-state index in [0.717, 1.165) is 17.5 Å². The maximum absolute atomic E-state index is 13.4. The number of carbonyl (C=O) groups is 1. The number of aromatic nitrogens is 2. The first-order valence-electron chi connectivity index (χ1n) is 8.04. The van der Waals surface area contributed by atoms with Gasteiger partial charge in [-0.1, -0.05) is 11.6 Å². The summed E-state index contributed by atoms with van der Waals surface area (Å²) in [5.41, 5.74) is 7.23. The molecule has 0 aliphatic heterocycles. The first-order chi connectivity index (χ1) is 11.9. The Morgan fingerprint density at radius 2 is 2.20 bits per heavy atom. The fraction of sp³-hybridized carbons (Fsp3) is 0.412. The highest BCUT2D eigenvalue weighted by Crippen LogP contribution is 2.20. The van der Waals surface area contributed by atoms with Crippen molar-refractivity contribution >= 4 is 17.5 Å². The van der Waals surface area contributed by atoms with Gasteiger partial charge in [-0.25, -0.2) is 4.39 Å². The SMILES string of the molecule is Cc1nn(CCCNC(=O)c2cc(F)ccc2OCCN)c(C)c1Cl. The summed E-state index contributed by atoms with van der Waals surface area (Å²) in [5.74, 6) is -0.574. The van der Waals surface area contributed by atoms with Crippen LogP contribution < -0.4 is 15.8 Å². The molecule has 1 aromatic carbocycles. The van der Waals surface area contributed by atoms with Gasteiger partial charge >= 0.3 is 0 Å². The molecule has 3 N–H and O–H groups in total. The number of carbonyl (C=O) groups excluding carboxylic acids is 1. The summed E-state index contributed by atoms with van der Waals surface area (Å²) in [5, 5.41) is 7.76. The smallest absolute Gasteiger partial charge is 0.255 e. The van der Waals surface area contributed by atoms with Gasteiger partial charge in [0.2, 0.25) is 0 Å². The lowest BCUT2D eigenvalue weighted by molar-refractivity contribution is 0.0948. The molecule has 8 heteroatoms. The van der Waals surface area contributed by atoms with Gasteiger partial charge in [0.1, 0.15) is 18.2 Å². The van der Waals surface area contributed by atoms with Gasteiger partial charge in [0.15, 0.2) is 0 Å². The molecule has 0 saturated carbocycles. The van der Waals surface area contributed by atoms with Crippen molar-refractivity contribution in [3.8, 4) is 5.75 Å². The number of nitrogens with zero attached hydrogens (tertiary/aromatic N) is 2. The lowest BCUT2D eigenvalue weighted by atomic mass is 10.1. The second kappa shape index (κ2) is 8.82. The highest BCUT2D eigenvalue weighted by atomic mass is 35.5. The fourth-order valence-electron chi connectivity index (χ4n) is 2.39. The second-order valence-corrected chi connectivity index (χ2v) is 5.97. The third-order valence-corrected chi connectivity index (χ3v) is 4.23. The molecule has 6 nitrogen and oxygen atoms in total. The molecular weight excluding hydrogens is 347 g/mol. The van der Waals surface area contributed by atoms with Gasteiger partial charge in [0.05, 0.1) is 22.0 Å². The van der Waals surface area contributed by atoms with Gasteiger partial charge in [-0.3, -0.25) is 9.48 Å². The van der Waals surface area contributed by atoms with Crippen molar-refractivity contribution in [3.63, 3.8) is 0 Å². The number of rotatable bonds is 8. The molecule has 136 valence electrons. The first-order valence-corrected chi connectivity index (χ1v) is 8.42. The molecule has 0 fully saturated rings. The van der Waals surface area contributed by atoms with Crippen molar-refractivity contribution in [1.82, 2.24) is 15.1 Å². The highest BCUT2D eigenvalue weighted by Gasteiger charge is 2.14. The molecule has 2 aromatic rings. The van der Waals surface area contributed by atoms with Gasteiger partial charge in [0.25, 0.3) is 5.91 Å². The molecule has 1 amide bonds. The van der Waals surface area contributed by atoms with E-state index in [4.69, 9.17) is 22.1 Å². The maximum Gasteiger partial charge on any atom is 0.255 e. The second-order valence-electron chi connectivity index (χ2n) is 5.60. The van der Waals surface area contributed by atoms with Crippen molar-refractivity contribution < 1.29 is 13.9 Å². The van der Waals surface area contributed by atoms with E-state index in [-0.39, 0.29) is 12.2 Å². The normalized spacial score (nSPS) is 10.8. The van der Waals surface area contributed by atoms with E-state index in [1.807, 2.05) is 18.5 Å². The van der Waals surface area contributed by atoms with E-state index in [0.29, 0.717) is 36.8 Å². The van der Waals surface area contributed by atoms with Gasteiger partial charge in [-0.05, 0) is 38.5 Å². The van der Waals surface area contributed by atoms with Crippen LogP contribution in [0.3, 0.4) is 0 Å². The fourth-order valence-corrected chi connectivity index (χ4v) is 2.53. The minimum atomic E-state index is -0.498. The minimum absolute atomic E-state index is 0.155. The molecule has 0 atom stereocenters. The summed E-state index contributed by atoms with van der Waals surface area (Å²) in [6.45, 7) is 5.35. The molecule has 1 aromatic heterocycles. The lowest BCUT2D eigenvalue weighted by Gasteiger charge is -2.11. The van der Waals surface area contributed by atoms with Crippen LogP contribution in [-0.4, -0.2) is 35.4 Å². The van der Waals surface area contributed by atoms with Crippen molar-refractivity contribution in [3.05, 3.63) is 46.0 Å². The van der Waals surface area contributed by atoms with Gasteiger partial charge < -0.3 is 15.8 Å². The topological polar surface area (TPSA) is 82.2 Å². The molecule has 0 aliphatic rings. The molecule has 0 spiro atoms. The number of amides is 1. The number of nitrogens with one attached hydrogen (secondary N) is 1. The Morgan fingerprint density at radius 3 is 2.84 bits per heavy atom. The Morgan fingerprint density at radius 1 is 1.44 bits per heavy atom. The van der Waals surface area contributed by atoms with E-state index >= 15 is 0 Å². The van der Waals surface area contributed by atoms with Crippen LogP contribution in [0.5, 0.6) is 5.75 Å². The Balaban J connectivity index is 1.91. The lowest BCUT2D eigenvalue weighted by Crippen LogP contribution is -2.26. The van der Waals surface area contributed by atoms with Gasteiger partial charge in [-0.15, -0.1) is 0 Å². The third kappa shape index (κ3) is 4.93. The molecule has 0 aliphatic carbocycles. The van der Waals surface area contributed by atoms with E-state index in [1.54, 1.807) is 0 Å². The van der Waals surface area contributed by atoms with Crippen LogP contribution in [0, 0.1) is 19.7 Å². The number of ether oxygens (including phenoxy) is 1. The average molecular weight is 369 g/mol. The number of benzene rings is 1. The van der Waals surface area contributed by atoms with Crippen molar-refractivity contribution in [2.24, 2.45) is 5.73 Å². The van der Waals surface area contributed by atoms with E-state index < -0.39 is 11.7 Å². The van der Waals surface area contributed by atoms with Crippen LogP contribution in [0.4, 0.5) is 4.39 Å². The predicted molar refractivity (Wildman–Crippen MR) is 94.6 cm³/mol. The molecule has 0 unspecified atom stereocenters. The molecule has 0 radical (unpaired) electrons. The number of aryl methyl sites for hydroxylation is 2. The zero-order chi connectivity index (χ0) is 18.4. The van der Waals surface area contributed by atoms with E-state index in [9.17, 15) is 9.18 Å². The average Bonchev–Trinajstić information content (AvgIpc) is 2.84. The van der Waals surface area contributed by atoms with Gasteiger partial charge in [0, 0.05) is 19.6 Å². The molecular formula is C17H22ClFN4O2. The molecule has 25 heavy (non-hydrogen) atoms. The summed E-state index contributed by atoms with van der Waals surface area (Å²) < 4.78 is 20.6. The number of hydrogen-bond donors (Lipinski definition) is 2. The monoisotopic (exact) mass is 368 g/mol. The van der Waals surface area contributed by atoms with E-state index in [2.05, 4.69) is 10.4 Å². The van der Waals surface area contributed by atoms with Crippen LogP contribution in [0.15, 0.2) is 18.2 Å². The Labute approximate surface area is 151 Å². The number of hydrogen-bond acceptors (Lipinski definition) is 4. The Bertz CT molecular complexity index is 748. The van der Waals surface area contributed by atoms with Gasteiger partial charge in [-0.2, -0.15) is 5.10 Å². The third-order valence-electron chi connectivity index (χ3n) is 3.69. The summed E-state index contributed by atoms with van der Waals surface area (Å²) in [6.07, 6.45) is 0.665. The minimum Gasteiger partial charge on any atom is -0.491 e. The number of nitrogens with two attached hydrogens (primary N) is 1. The van der Waals surface area contributed by atoms with Crippen molar-refractivity contribution in [1.29, 1.82) is 0 Å². The zero-order valence-corrected chi connectivity index (χ0v) is 15.1. The van der Waals surface area contributed by atoms with Crippen LogP contribution >= 0.6 is 11.6 Å². The largest absolute Gasteiger partial charge is 0.491 e. The molecule has 1 heterocycles. The summed E-state index contributed by atoms with van der Waals surface area (Å²) >= 11 is 6.10. The number of halogens is 2. The summed E-state index contributed by atoms with van der Waals surface area (Å²) in [7, 11) is 0. The van der Waals surface area contributed by atoms with Crippen molar-refractivity contribution in [2.45, 2.75) is 26.8 Å². The quantitative estimate of drug-likeness (QED) is 0.701. The van der Waals surface area contributed by atoms with Crippen LogP contribution in [0.1, 0.15) is 28.2 Å². The van der Waals surface area contributed by atoms with Crippen LogP contribution in [-0.2, 0) is 6.54 Å².